The molecule has 0 bridgehead atoms. The van der Waals surface area contributed by atoms with Crippen LogP contribution in [0.15, 0.2) is 36.0 Å². The molecule has 2 aromatic rings. The molecule has 6 heteroatoms. The molecular weight excluding hydrogens is 246 g/mol. The van der Waals surface area contributed by atoms with Gasteiger partial charge in [-0.1, -0.05) is 23.8 Å². The summed E-state index contributed by atoms with van der Waals surface area (Å²) in [4.78, 5) is 16.2. The van der Waals surface area contributed by atoms with Crippen LogP contribution in [0.4, 0.5) is 0 Å². The second-order valence-corrected chi connectivity index (χ2v) is 3.79. The fourth-order valence-corrected chi connectivity index (χ4v) is 1.36. The Morgan fingerprint density at radius 2 is 2.11 bits per heavy atom. The van der Waals surface area contributed by atoms with Crippen molar-refractivity contribution in [2.75, 3.05) is 0 Å². The highest BCUT2D eigenvalue weighted by Gasteiger charge is 1.99. The molecule has 0 aliphatic heterocycles. The average molecular weight is 259 g/mol. The molecule has 0 saturated heterocycles. The average Bonchev–Trinajstić information content (AvgIpc) is 2.82. The van der Waals surface area contributed by atoms with Crippen molar-refractivity contribution in [3.63, 3.8) is 0 Å². The number of nitrogens with one attached hydrogen (secondary N) is 1. The van der Waals surface area contributed by atoms with E-state index >= 15 is 0 Å². The largest absolute Gasteiger partial charge is 0.436 e. The maximum atomic E-state index is 8.12. The number of aromatic amines is 1. The maximum absolute atomic E-state index is 8.12. The number of benzene rings is 1. The van der Waals surface area contributed by atoms with E-state index in [1.807, 2.05) is 24.3 Å². The molecule has 0 aliphatic rings. The number of H-pyrrole nitrogens is 1. The van der Waals surface area contributed by atoms with Crippen LogP contribution < -0.4 is 4.74 Å². The van der Waals surface area contributed by atoms with Crippen LogP contribution in [0, 0.1) is 0 Å². The number of rotatable bonds is 3. The Hall–Kier alpha value is -2.72. The number of aromatic nitrogens is 3. The summed E-state index contributed by atoms with van der Waals surface area (Å²) in [6.07, 6.45) is 3.88. The van der Waals surface area contributed by atoms with Gasteiger partial charge in [-0.3, -0.25) is 0 Å². The lowest BCUT2D eigenvalue weighted by molar-refractivity contribution is -0.191. The van der Waals surface area contributed by atoms with Crippen molar-refractivity contribution in [1.29, 1.82) is 0 Å². The third kappa shape index (κ3) is 5.43. The van der Waals surface area contributed by atoms with Gasteiger partial charge >= 0.3 is 6.15 Å². The third-order valence-corrected chi connectivity index (χ3v) is 1.93. The molecule has 0 aliphatic carbocycles. The number of hydrogen-bond acceptors (Lipinski definition) is 5. The van der Waals surface area contributed by atoms with Crippen LogP contribution in [0.3, 0.4) is 0 Å². The summed E-state index contributed by atoms with van der Waals surface area (Å²) >= 11 is 0. The normalized spacial score (nSPS) is 8.74. The molecule has 1 aromatic carbocycles. The van der Waals surface area contributed by atoms with Gasteiger partial charge in [0, 0.05) is 0 Å². The van der Waals surface area contributed by atoms with E-state index in [2.05, 4.69) is 35.3 Å². The van der Waals surface area contributed by atoms with Crippen LogP contribution in [0.25, 0.3) is 6.08 Å². The lowest BCUT2D eigenvalue weighted by Gasteiger charge is -2.02. The molecule has 0 spiro atoms. The first-order valence-corrected chi connectivity index (χ1v) is 5.43. The van der Waals surface area contributed by atoms with Crippen molar-refractivity contribution in [3.8, 4) is 11.6 Å². The SMILES string of the molecule is CC(C)=Cc1cccc(Oc2cn[nH]n2)c1.O=C=O. The second-order valence-electron chi connectivity index (χ2n) is 3.79. The Kier molecular flexibility index (Phi) is 5.72. The summed E-state index contributed by atoms with van der Waals surface area (Å²) < 4.78 is 5.51. The summed E-state index contributed by atoms with van der Waals surface area (Å²) in [7, 11) is 0. The molecule has 6 nitrogen and oxygen atoms in total. The van der Waals surface area contributed by atoms with Crippen LogP contribution in [-0.4, -0.2) is 21.6 Å². The fourth-order valence-electron chi connectivity index (χ4n) is 1.36. The standard InChI is InChI=1S/C12H13N3O.CO2/c1-9(2)6-10-4-3-5-11(7-10)16-12-8-13-15-14-12;2-1-3/h3-8H,1-2H3,(H,13,14,15);. The quantitative estimate of drug-likeness (QED) is 0.915. The van der Waals surface area contributed by atoms with Crippen LogP contribution in [0.2, 0.25) is 0 Å². The third-order valence-electron chi connectivity index (χ3n) is 1.93. The summed E-state index contributed by atoms with van der Waals surface area (Å²) in [5, 5.41) is 10.0. The van der Waals surface area contributed by atoms with Gasteiger partial charge in [0.25, 0.3) is 5.88 Å². The maximum Gasteiger partial charge on any atom is 0.373 e. The van der Waals surface area contributed by atoms with Gasteiger partial charge in [0.2, 0.25) is 0 Å². The molecule has 0 amide bonds. The van der Waals surface area contributed by atoms with E-state index in [0.29, 0.717) is 5.88 Å². The van der Waals surface area contributed by atoms with Gasteiger partial charge in [0.05, 0.1) is 0 Å². The predicted octanol–water partition coefficient (Wildman–Crippen LogP) is 2.44. The van der Waals surface area contributed by atoms with E-state index < -0.39 is 0 Å². The first kappa shape index (κ1) is 14.3. The highest BCUT2D eigenvalue weighted by molar-refractivity contribution is 5.54. The molecular formula is C13H13N3O3. The van der Waals surface area contributed by atoms with E-state index in [4.69, 9.17) is 14.3 Å². The van der Waals surface area contributed by atoms with Crippen LogP contribution in [0.1, 0.15) is 19.4 Å². The van der Waals surface area contributed by atoms with Gasteiger partial charge in [-0.15, -0.1) is 5.10 Å². The molecule has 1 heterocycles. The molecule has 1 N–H and O–H groups in total. The molecule has 0 saturated carbocycles. The summed E-state index contributed by atoms with van der Waals surface area (Å²) in [6.45, 7) is 4.12. The molecule has 2 rings (SSSR count). The molecule has 0 fully saturated rings. The lowest BCUT2D eigenvalue weighted by atomic mass is 10.1. The smallest absolute Gasteiger partial charge is 0.373 e. The van der Waals surface area contributed by atoms with Gasteiger partial charge < -0.3 is 4.74 Å². The number of hydrogen-bond donors (Lipinski definition) is 1. The van der Waals surface area contributed by atoms with Crippen molar-refractivity contribution in [1.82, 2.24) is 15.4 Å². The van der Waals surface area contributed by atoms with Crippen molar-refractivity contribution in [2.45, 2.75) is 13.8 Å². The van der Waals surface area contributed by atoms with Gasteiger partial charge in [-0.2, -0.15) is 19.9 Å². The minimum atomic E-state index is 0.250. The van der Waals surface area contributed by atoms with Gasteiger partial charge in [0.15, 0.2) is 0 Å². The molecule has 0 unspecified atom stereocenters. The fraction of sp³-hybridized carbons (Fsp3) is 0.154. The Balaban J connectivity index is 0.000000550. The van der Waals surface area contributed by atoms with E-state index in [1.54, 1.807) is 0 Å². The van der Waals surface area contributed by atoms with Gasteiger partial charge in [-0.25, -0.2) is 0 Å². The Labute approximate surface area is 110 Å². The zero-order valence-corrected chi connectivity index (χ0v) is 10.6. The van der Waals surface area contributed by atoms with Crippen molar-refractivity contribution in [2.24, 2.45) is 0 Å². The minimum absolute atomic E-state index is 0.250. The molecule has 0 radical (unpaired) electrons. The zero-order chi connectivity index (χ0) is 14.1. The predicted molar refractivity (Wildman–Crippen MR) is 67.2 cm³/mol. The molecule has 98 valence electrons. The molecule has 0 atom stereocenters. The number of allylic oxidation sites excluding steroid dienone is 1. The lowest BCUT2D eigenvalue weighted by Crippen LogP contribution is -1.85. The van der Waals surface area contributed by atoms with Crippen molar-refractivity contribution >= 4 is 12.2 Å². The highest BCUT2D eigenvalue weighted by atomic mass is 16.5. The molecule has 1 aromatic heterocycles. The Bertz CT molecular complexity index is 567. The van der Waals surface area contributed by atoms with E-state index in [0.717, 1.165) is 11.3 Å². The van der Waals surface area contributed by atoms with Gasteiger partial charge in [-0.05, 0) is 31.5 Å². The first-order chi connectivity index (χ1) is 9.15. The number of nitrogens with zero attached hydrogens (tertiary/aromatic N) is 2. The van der Waals surface area contributed by atoms with Crippen LogP contribution >= 0.6 is 0 Å². The number of ether oxygens (including phenoxy) is 1. The van der Waals surface area contributed by atoms with Gasteiger partial charge in [0.1, 0.15) is 11.9 Å². The van der Waals surface area contributed by atoms with E-state index in [9.17, 15) is 0 Å². The highest BCUT2D eigenvalue weighted by Crippen LogP contribution is 2.20. The topological polar surface area (TPSA) is 84.9 Å². The summed E-state index contributed by atoms with van der Waals surface area (Å²) in [5.41, 5.74) is 2.36. The Morgan fingerprint density at radius 3 is 2.68 bits per heavy atom. The minimum Gasteiger partial charge on any atom is -0.436 e. The van der Waals surface area contributed by atoms with Crippen LogP contribution in [0.5, 0.6) is 11.6 Å². The number of carbonyl (C=O) groups excluding carboxylic acids is 2. The zero-order valence-electron chi connectivity index (χ0n) is 10.6. The summed E-state index contributed by atoms with van der Waals surface area (Å²) in [6, 6.07) is 7.82. The first-order valence-electron chi connectivity index (χ1n) is 5.43. The molecule has 19 heavy (non-hydrogen) atoms. The van der Waals surface area contributed by atoms with Crippen molar-refractivity contribution < 1.29 is 14.3 Å². The van der Waals surface area contributed by atoms with E-state index in [1.165, 1.54) is 11.8 Å². The second kappa shape index (κ2) is 7.58. The monoisotopic (exact) mass is 259 g/mol. The Morgan fingerprint density at radius 1 is 1.37 bits per heavy atom. The van der Waals surface area contributed by atoms with Crippen molar-refractivity contribution in [3.05, 3.63) is 41.6 Å². The summed E-state index contributed by atoms with van der Waals surface area (Å²) in [5.74, 6) is 1.22. The van der Waals surface area contributed by atoms with E-state index in [-0.39, 0.29) is 6.15 Å². The van der Waals surface area contributed by atoms with Crippen LogP contribution in [-0.2, 0) is 9.59 Å².